The highest BCUT2D eigenvalue weighted by molar-refractivity contribution is 7.89. The molecule has 0 spiro atoms. The molecule has 1 atom stereocenters. The monoisotopic (exact) mass is 317 g/mol. The van der Waals surface area contributed by atoms with E-state index in [-0.39, 0.29) is 10.5 Å². The third-order valence-electron chi connectivity index (χ3n) is 2.52. The van der Waals surface area contributed by atoms with Gasteiger partial charge in [0.15, 0.2) is 6.10 Å². The fourth-order valence-electron chi connectivity index (χ4n) is 1.47. The Morgan fingerprint density at radius 2 is 1.86 bits per heavy atom. The number of aliphatic hydroxyl groups excluding tert-OH is 1. The molecule has 1 aromatic rings. The number of ether oxygens (including phenoxy) is 2. The van der Waals surface area contributed by atoms with Gasteiger partial charge in [0, 0.05) is 6.54 Å². The second-order valence-corrected chi connectivity index (χ2v) is 5.61. The van der Waals surface area contributed by atoms with Crippen LogP contribution in [0.3, 0.4) is 0 Å². The third kappa shape index (κ3) is 4.25. The number of carbonyl (C=O) groups excluding carboxylic acids is 2. The molecule has 0 saturated heterocycles. The first-order chi connectivity index (χ1) is 9.83. The lowest BCUT2D eigenvalue weighted by atomic mass is 10.2. The van der Waals surface area contributed by atoms with Gasteiger partial charge in [-0.25, -0.2) is 22.7 Å². The molecule has 0 aromatic heterocycles. The molecule has 0 bridgehead atoms. The molecule has 8 nitrogen and oxygen atoms in total. The molecule has 0 aliphatic carbocycles. The normalized spacial score (nSPS) is 12.5. The van der Waals surface area contributed by atoms with Crippen molar-refractivity contribution in [3.8, 4) is 0 Å². The second-order valence-electron chi connectivity index (χ2n) is 3.88. The zero-order valence-corrected chi connectivity index (χ0v) is 12.2. The van der Waals surface area contributed by atoms with Crippen LogP contribution >= 0.6 is 0 Å². The number of nitrogens with one attached hydrogen (secondary N) is 1. The van der Waals surface area contributed by atoms with Gasteiger partial charge in [-0.2, -0.15) is 0 Å². The van der Waals surface area contributed by atoms with Crippen molar-refractivity contribution in [2.24, 2.45) is 0 Å². The van der Waals surface area contributed by atoms with Crippen LogP contribution in [0.25, 0.3) is 0 Å². The van der Waals surface area contributed by atoms with E-state index >= 15 is 0 Å². The first-order valence-corrected chi connectivity index (χ1v) is 7.24. The highest BCUT2D eigenvalue weighted by Gasteiger charge is 2.25. The molecule has 1 aromatic carbocycles. The Labute approximate surface area is 121 Å². The molecular weight excluding hydrogens is 302 g/mol. The quantitative estimate of drug-likeness (QED) is 0.665. The van der Waals surface area contributed by atoms with Crippen LogP contribution < -0.4 is 4.72 Å². The summed E-state index contributed by atoms with van der Waals surface area (Å²) in [6.45, 7) is -0.579. The number of sulfonamides is 1. The van der Waals surface area contributed by atoms with Crippen LogP contribution in [0.15, 0.2) is 29.2 Å². The van der Waals surface area contributed by atoms with Gasteiger partial charge < -0.3 is 14.6 Å². The van der Waals surface area contributed by atoms with Crippen LogP contribution in [-0.4, -0.2) is 52.3 Å². The van der Waals surface area contributed by atoms with E-state index in [2.05, 4.69) is 9.47 Å². The average Bonchev–Trinajstić information content (AvgIpc) is 2.51. The summed E-state index contributed by atoms with van der Waals surface area (Å²) >= 11 is 0. The van der Waals surface area contributed by atoms with Gasteiger partial charge in [0.05, 0.1) is 24.7 Å². The summed E-state index contributed by atoms with van der Waals surface area (Å²) in [6.07, 6.45) is -1.64. The van der Waals surface area contributed by atoms with Crippen molar-refractivity contribution < 1.29 is 32.6 Å². The van der Waals surface area contributed by atoms with Crippen molar-refractivity contribution >= 4 is 22.0 Å². The number of benzene rings is 1. The molecule has 21 heavy (non-hydrogen) atoms. The number of aliphatic hydroxyl groups is 1. The van der Waals surface area contributed by atoms with Crippen molar-refractivity contribution in [2.75, 3.05) is 20.8 Å². The molecule has 9 heteroatoms. The SMILES string of the molecule is COC(=O)c1ccccc1S(=O)(=O)NCC(O)C(=O)OC. The first-order valence-electron chi connectivity index (χ1n) is 5.76. The topological polar surface area (TPSA) is 119 Å². The van der Waals surface area contributed by atoms with Gasteiger partial charge in [0.2, 0.25) is 10.0 Å². The summed E-state index contributed by atoms with van der Waals surface area (Å²) in [4.78, 5) is 22.2. The van der Waals surface area contributed by atoms with Crippen LogP contribution in [0.1, 0.15) is 10.4 Å². The van der Waals surface area contributed by atoms with Gasteiger partial charge in [-0.1, -0.05) is 12.1 Å². The predicted molar refractivity (Wildman–Crippen MR) is 71.0 cm³/mol. The van der Waals surface area contributed by atoms with E-state index in [1.165, 1.54) is 24.3 Å². The number of hydrogen-bond acceptors (Lipinski definition) is 7. The van der Waals surface area contributed by atoms with E-state index in [0.29, 0.717) is 0 Å². The molecule has 2 N–H and O–H groups in total. The zero-order valence-electron chi connectivity index (χ0n) is 11.4. The Balaban J connectivity index is 2.99. The Kier molecular flexibility index (Phi) is 5.82. The molecule has 0 aliphatic rings. The van der Waals surface area contributed by atoms with Gasteiger partial charge in [-0.3, -0.25) is 0 Å². The molecule has 116 valence electrons. The minimum Gasteiger partial charge on any atom is -0.467 e. The maximum absolute atomic E-state index is 12.1. The van der Waals surface area contributed by atoms with Crippen molar-refractivity contribution in [2.45, 2.75) is 11.0 Å². The van der Waals surface area contributed by atoms with Gasteiger partial charge in [0.1, 0.15) is 0 Å². The molecule has 0 fully saturated rings. The average molecular weight is 317 g/mol. The Morgan fingerprint density at radius 3 is 2.43 bits per heavy atom. The van der Waals surface area contributed by atoms with E-state index in [9.17, 15) is 23.1 Å². The lowest BCUT2D eigenvalue weighted by molar-refractivity contribution is -0.149. The van der Waals surface area contributed by atoms with Gasteiger partial charge in [0.25, 0.3) is 0 Å². The van der Waals surface area contributed by atoms with E-state index in [1.54, 1.807) is 0 Å². The number of esters is 2. The molecule has 0 heterocycles. The summed E-state index contributed by atoms with van der Waals surface area (Å²) in [6, 6.07) is 5.41. The Hall–Kier alpha value is -1.97. The fourth-order valence-corrected chi connectivity index (χ4v) is 2.70. The predicted octanol–water partition coefficient (Wildman–Crippen LogP) is -0.715. The fraction of sp³-hybridized carbons (Fsp3) is 0.333. The zero-order chi connectivity index (χ0) is 16.0. The highest BCUT2D eigenvalue weighted by atomic mass is 32.2. The second kappa shape index (κ2) is 7.16. The van der Waals surface area contributed by atoms with Crippen LogP contribution in [0, 0.1) is 0 Å². The van der Waals surface area contributed by atoms with Crippen LogP contribution in [-0.2, 0) is 24.3 Å². The lowest BCUT2D eigenvalue weighted by Crippen LogP contribution is -2.37. The number of rotatable bonds is 6. The van der Waals surface area contributed by atoms with Crippen molar-refractivity contribution in [3.05, 3.63) is 29.8 Å². The maximum atomic E-state index is 12.1. The molecule has 0 amide bonds. The molecule has 1 rings (SSSR count). The largest absolute Gasteiger partial charge is 0.467 e. The van der Waals surface area contributed by atoms with E-state index < -0.39 is 34.6 Å². The summed E-state index contributed by atoms with van der Waals surface area (Å²) in [5.74, 6) is -1.79. The molecule has 0 saturated carbocycles. The third-order valence-corrected chi connectivity index (χ3v) is 4.00. The number of methoxy groups -OCH3 is 2. The minimum absolute atomic E-state index is 0.153. The van der Waals surface area contributed by atoms with Crippen LogP contribution in [0.5, 0.6) is 0 Å². The Morgan fingerprint density at radius 1 is 1.24 bits per heavy atom. The summed E-state index contributed by atoms with van der Waals surface area (Å²) in [5.41, 5.74) is -0.153. The summed E-state index contributed by atoms with van der Waals surface area (Å²) in [5, 5.41) is 9.36. The first kappa shape index (κ1) is 17.1. The minimum atomic E-state index is -4.10. The van der Waals surface area contributed by atoms with E-state index in [1.807, 2.05) is 4.72 Å². The molecule has 1 unspecified atom stereocenters. The number of hydrogen-bond donors (Lipinski definition) is 2. The highest BCUT2D eigenvalue weighted by Crippen LogP contribution is 2.16. The summed E-state index contributed by atoms with van der Waals surface area (Å²) < 4.78 is 35.0. The van der Waals surface area contributed by atoms with Crippen molar-refractivity contribution in [3.63, 3.8) is 0 Å². The smallest absolute Gasteiger partial charge is 0.339 e. The standard InChI is InChI=1S/C12H15NO7S/c1-19-11(15)8-5-3-4-6-10(8)21(17,18)13-7-9(14)12(16)20-2/h3-6,9,13-14H,7H2,1-2H3. The van der Waals surface area contributed by atoms with Gasteiger partial charge in [-0.05, 0) is 12.1 Å². The van der Waals surface area contributed by atoms with Crippen molar-refractivity contribution in [1.82, 2.24) is 4.72 Å². The maximum Gasteiger partial charge on any atom is 0.339 e. The summed E-state index contributed by atoms with van der Waals surface area (Å²) in [7, 11) is -1.91. The van der Waals surface area contributed by atoms with Crippen molar-refractivity contribution in [1.29, 1.82) is 0 Å². The van der Waals surface area contributed by atoms with Crippen LogP contribution in [0.4, 0.5) is 0 Å². The Bertz CT molecular complexity index is 626. The number of carbonyl (C=O) groups is 2. The molecular formula is C12H15NO7S. The van der Waals surface area contributed by atoms with E-state index in [4.69, 9.17) is 0 Å². The van der Waals surface area contributed by atoms with Crippen LogP contribution in [0.2, 0.25) is 0 Å². The molecule has 0 aliphatic heterocycles. The molecule has 0 radical (unpaired) electrons. The lowest BCUT2D eigenvalue weighted by Gasteiger charge is -2.12. The van der Waals surface area contributed by atoms with Gasteiger partial charge >= 0.3 is 11.9 Å². The van der Waals surface area contributed by atoms with E-state index in [0.717, 1.165) is 14.2 Å². The van der Waals surface area contributed by atoms with Gasteiger partial charge in [-0.15, -0.1) is 0 Å².